The SMILES string of the molecule is O=C1C(=Cc2ccc(-c3ccc(N(c4ccc(-c5ccc(/C=C/c6cccs6)s5)cc4)c4ccc(-c5ccc(/C=C/c6cccs6)s5)cc4)cc3)s2)C(=O)c2ccccc21.[C-]#[N+]/C(C#N)=C1\C(=C\c2ccc(-c3ccc(N(c4ccc(-c5ccc(/C=C/C6=CC=CC6)s5)cc4)c4ccc(-c5ccc(/C=C/c6cccs6)s5)cc4)cc3)s2)C(=O)c2ccccc21. The topological polar surface area (TPSA) is 85.8 Å². The Labute approximate surface area is 755 Å². The summed E-state index contributed by atoms with van der Waals surface area (Å²) < 4.78 is 0. The summed E-state index contributed by atoms with van der Waals surface area (Å²) in [6, 6.07) is 107. The Balaban J connectivity index is 0.000000163. The van der Waals surface area contributed by atoms with Gasteiger partial charge in [-0.3, -0.25) is 14.4 Å². The first-order valence-corrected chi connectivity index (χ1v) is 47.4. The lowest BCUT2D eigenvalue weighted by Gasteiger charge is -2.26. The first-order valence-electron chi connectivity index (χ1n) is 39.8. The van der Waals surface area contributed by atoms with Gasteiger partial charge >= 0.3 is 0 Å². The second kappa shape index (κ2) is 36.5. The number of rotatable bonds is 22. The molecule has 8 aromatic carbocycles. The molecule has 0 N–H and O–H groups in total. The van der Waals surface area contributed by atoms with Crippen LogP contribution in [0.25, 0.3) is 128 Å². The van der Waals surface area contributed by atoms with E-state index >= 15 is 0 Å². The van der Waals surface area contributed by atoms with Crippen molar-refractivity contribution in [2.45, 2.75) is 6.42 Å². The summed E-state index contributed by atoms with van der Waals surface area (Å²) in [7, 11) is 0. The second-order valence-electron chi connectivity index (χ2n) is 29.1. The van der Waals surface area contributed by atoms with Gasteiger partial charge in [0, 0.05) is 135 Å². The maximum absolute atomic E-state index is 13.5. The zero-order valence-electron chi connectivity index (χ0n) is 66.0. The second-order valence-corrected chi connectivity index (χ2v) is 38.7. The van der Waals surface area contributed by atoms with Gasteiger partial charge in [0.1, 0.15) is 0 Å². The number of carbonyl (C=O) groups is 3. The molecule has 0 saturated heterocycles. The van der Waals surface area contributed by atoms with Crippen LogP contribution in [0.1, 0.15) is 87.0 Å². The van der Waals surface area contributed by atoms with Crippen LogP contribution in [-0.2, 0) is 0 Å². The molecule has 0 atom stereocenters. The van der Waals surface area contributed by atoms with Crippen LogP contribution in [0.3, 0.4) is 0 Å². The fraction of sp³-hybridized carbons (Fsp3) is 0.00926. The lowest BCUT2D eigenvalue weighted by atomic mass is 10.0. The summed E-state index contributed by atoms with van der Waals surface area (Å²) in [4.78, 5) is 65.0. The number of allylic oxidation sites excluding steroid dienone is 9. The molecule has 0 aliphatic heterocycles. The molecule has 0 radical (unpaired) electrons. The summed E-state index contributed by atoms with van der Waals surface area (Å²) in [6.45, 7) is 7.63. The van der Waals surface area contributed by atoms with E-state index in [0.717, 1.165) is 71.2 Å². The van der Waals surface area contributed by atoms with E-state index in [4.69, 9.17) is 6.57 Å². The molecule has 0 spiro atoms. The summed E-state index contributed by atoms with van der Waals surface area (Å²) >= 11 is 15.5. The Kier molecular flexibility index (Phi) is 23.6. The number of hydrogen-bond acceptors (Lipinski definition) is 15. The first-order chi connectivity index (χ1) is 61.0. The average molecular weight is 1760 g/mol. The van der Waals surface area contributed by atoms with Crippen LogP contribution >= 0.6 is 102 Å². The normalized spacial score (nSPS) is 13.6. The monoisotopic (exact) mass is 1760 g/mol. The van der Waals surface area contributed by atoms with E-state index in [0.29, 0.717) is 33.4 Å². The minimum atomic E-state index is -0.208. The summed E-state index contributed by atoms with van der Waals surface area (Å²) in [6.07, 6.45) is 28.5. The van der Waals surface area contributed by atoms with Gasteiger partial charge in [-0.15, -0.1) is 102 Å². The van der Waals surface area contributed by atoms with E-state index in [1.807, 2.05) is 30.3 Å². The number of carbonyl (C=O) groups excluding carboxylic acids is 3. The van der Waals surface area contributed by atoms with Crippen LogP contribution in [0, 0.1) is 17.9 Å². The van der Waals surface area contributed by atoms with Crippen LogP contribution in [0.2, 0.25) is 0 Å². The van der Waals surface area contributed by atoms with Crippen LogP contribution in [0.4, 0.5) is 34.1 Å². The highest BCUT2D eigenvalue weighted by atomic mass is 32.1. The van der Waals surface area contributed by atoms with Crippen LogP contribution < -0.4 is 9.80 Å². The van der Waals surface area contributed by atoms with E-state index in [-0.39, 0.29) is 28.6 Å². The Hall–Kier alpha value is -13.7. The third kappa shape index (κ3) is 17.6. The lowest BCUT2D eigenvalue weighted by molar-refractivity contribution is 0.0988. The number of nitriles is 1. The number of fused-ring (bicyclic) bond motifs is 2. The molecule has 17 aromatic rings. The summed E-state index contributed by atoms with van der Waals surface area (Å²) in [5.74, 6) is -0.590. The highest BCUT2D eigenvalue weighted by Gasteiger charge is 2.34. The Bertz CT molecular complexity index is 7050. The number of ketones is 3. The molecule has 0 saturated carbocycles. The van der Waals surface area contributed by atoms with E-state index in [2.05, 4.69) is 340 Å². The number of thiophene rings is 9. The minimum absolute atomic E-state index is 0.0801. The van der Waals surface area contributed by atoms with E-state index in [1.54, 1.807) is 151 Å². The minimum Gasteiger partial charge on any atom is -0.311 e. The van der Waals surface area contributed by atoms with Crippen LogP contribution in [0.5, 0.6) is 0 Å². The smallest absolute Gasteiger partial charge is 0.270 e. The molecule has 3 aliphatic carbocycles. The number of benzene rings is 8. The third-order valence-corrected chi connectivity index (χ3v) is 30.3. The van der Waals surface area contributed by atoms with Gasteiger partial charge in [-0.25, -0.2) is 10.1 Å². The van der Waals surface area contributed by atoms with Gasteiger partial charge in [-0.1, -0.05) is 164 Å². The van der Waals surface area contributed by atoms with Gasteiger partial charge in [0.15, 0.2) is 17.3 Å². The Morgan fingerprint density at radius 1 is 0.315 bits per heavy atom. The van der Waals surface area contributed by atoms with Crippen LogP contribution in [0.15, 0.2) is 366 Å². The van der Waals surface area contributed by atoms with Gasteiger partial charge in [-0.05, 0) is 286 Å². The predicted molar refractivity (Wildman–Crippen MR) is 534 cm³/mol. The molecule has 0 fully saturated rings. The summed E-state index contributed by atoms with van der Waals surface area (Å²) in [5, 5.41) is 16.1. The molecule has 592 valence electrons. The first kappa shape index (κ1) is 80.1. The number of Topliss-reactive ketones (excluding diaryl/α,β-unsaturated/α-hetero) is 3. The van der Waals surface area contributed by atoms with Gasteiger partial charge in [0.2, 0.25) is 0 Å². The van der Waals surface area contributed by atoms with Crippen LogP contribution in [-0.4, -0.2) is 17.3 Å². The van der Waals surface area contributed by atoms with Gasteiger partial charge < -0.3 is 9.80 Å². The Morgan fingerprint density at radius 2 is 0.597 bits per heavy atom. The molecular formula is C108H68N4O3S9. The molecule has 16 heteroatoms. The van der Waals surface area contributed by atoms with Crippen molar-refractivity contribution in [1.82, 2.24) is 0 Å². The fourth-order valence-corrected chi connectivity index (χ4v) is 22.5. The highest BCUT2D eigenvalue weighted by molar-refractivity contribution is 7.18. The number of hydrogen-bond donors (Lipinski definition) is 0. The zero-order valence-corrected chi connectivity index (χ0v) is 73.3. The summed E-state index contributed by atoms with van der Waals surface area (Å²) in [5.41, 5.74) is 17.4. The molecule has 0 bridgehead atoms. The molecule has 9 heterocycles. The largest absolute Gasteiger partial charge is 0.311 e. The molecule has 20 rings (SSSR count). The standard InChI is InChI=1S/C56H35N3OS4.C52H33NO2S5/c1-58-51(36-57)55-48-10-4-5-11-49(48)56(60)50(55)35-47-30-33-54(64-47)40-17-23-43(24-18-40)59(41-19-13-38(14-20-41)52-31-28-45(62-52)25-12-37-7-2-3-8-37)42-21-15-39(16-22-42)53-32-29-46(63-53)27-26-44-9-6-34-61-44;54-51-45-7-1-2-8-46(45)52(55)47(51)33-44-27-30-50(60-44)36-13-19-39(20-14-36)53(37-15-9-34(10-16-37)48-28-25-42(58-48)23-21-40-5-3-31-56-40)38-17-11-35(12-18-38)49-29-26-43(59-49)24-22-41-6-4-32-57-41/h2-7,9-35H,8H2;1-33H/b25-12+,27-26+,50-35-,55-51-;23-21+,24-22+. The number of nitrogens with zero attached hydrogens (tertiary/aromatic N) is 4. The maximum Gasteiger partial charge on any atom is 0.270 e. The molecule has 124 heavy (non-hydrogen) atoms. The molecule has 9 aromatic heterocycles. The lowest BCUT2D eigenvalue weighted by Crippen LogP contribution is -2.09. The van der Waals surface area contributed by atoms with E-state index < -0.39 is 0 Å². The van der Waals surface area contributed by atoms with Crippen molar-refractivity contribution in [2.24, 2.45) is 0 Å². The van der Waals surface area contributed by atoms with Crippen molar-refractivity contribution in [3.63, 3.8) is 0 Å². The third-order valence-electron chi connectivity index (χ3n) is 21.2. The van der Waals surface area contributed by atoms with Gasteiger partial charge in [-0.2, -0.15) is 0 Å². The highest BCUT2D eigenvalue weighted by Crippen LogP contribution is 2.46. The molecular weight excluding hydrogens is 1690 g/mol. The Morgan fingerprint density at radius 3 is 0.895 bits per heavy atom. The molecule has 7 nitrogen and oxygen atoms in total. The van der Waals surface area contributed by atoms with E-state index in [9.17, 15) is 19.6 Å². The average Bonchev–Trinajstić information content (AvgIpc) is 1.61. The van der Waals surface area contributed by atoms with Crippen molar-refractivity contribution in [1.29, 1.82) is 5.26 Å². The zero-order chi connectivity index (χ0) is 83.8. The molecule has 0 unspecified atom stereocenters. The quantitative estimate of drug-likeness (QED) is 0.0291. The van der Waals surface area contributed by atoms with Gasteiger partial charge in [0.05, 0.1) is 18.2 Å². The predicted octanol–water partition coefficient (Wildman–Crippen LogP) is 33.2. The van der Waals surface area contributed by atoms with Crippen molar-refractivity contribution in [2.75, 3.05) is 9.80 Å². The molecule has 0 amide bonds. The van der Waals surface area contributed by atoms with Crippen molar-refractivity contribution < 1.29 is 14.4 Å². The van der Waals surface area contributed by atoms with Crippen molar-refractivity contribution in [3.05, 3.63) is 444 Å². The van der Waals surface area contributed by atoms with Crippen molar-refractivity contribution >= 4 is 214 Å². The molecule has 3 aliphatic rings. The number of anilines is 6. The maximum atomic E-state index is 13.5. The van der Waals surface area contributed by atoms with E-state index in [1.165, 1.54) is 81.5 Å². The van der Waals surface area contributed by atoms with Crippen molar-refractivity contribution in [3.8, 4) is 68.7 Å². The fourth-order valence-electron chi connectivity index (χ4n) is 15.1. The van der Waals surface area contributed by atoms with Gasteiger partial charge in [0.25, 0.3) is 5.70 Å².